The quantitative estimate of drug-likeness (QED) is 0.851. The van der Waals surface area contributed by atoms with Gasteiger partial charge in [0.15, 0.2) is 0 Å². The van der Waals surface area contributed by atoms with Crippen LogP contribution >= 0.6 is 11.6 Å². The standard InChI is InChI=1S/C19H20ClFN2O2/c20-14-7-5-8-15(21)18(14)16(23-10-3-4-11-23)12-22-19(25)13-6-1-2-9-17(13)24/h1-2,5-9,16,24H,3-4,10-12H2,(H,22,25)/t16-/m0/s1. The molecule has 0 aromatic heterocycles. The maximum atomic E-state index is 14.4. The number of benzene rings is 2. The Morgan fingerprint density at radius 1 is 1.20 bits per heavy atom. The molecule has 0 unspecified atom stereocenters. The third-order valence-corrected chi connectivity index (χ3v) is 4.85. The van der Waals surface area contributed by atoms with Gasteiger partial charge in [0.2, 0.25) is 0 Å². The van der Waals surface area contributed by atoms with E-state index in [4.69, 9.17) is 11.6 Å². The summed E-state index contributed by atoms with van der Waals surface area (Å²) in [5, 5.41) is 13.0. The van der Waals surface area contributed by atoms with E-state index < -0.39 is 5.91 Å². The molecule has 2 aromatic carbocycles. The van der Waals surface area contributed by atoms with E-state index in [9.17, 15) is 14.3 Å². The molecule has 1 amide bonds. The molecular formula is C19H20ClFN2O2. The lowest BCUT2D eigenvalue weighted by Crippen LogP contribution is -2.37. The number of hydrogen-bond donors (Lipinski definition) is 2. The number of carbonyl (C=O) groups is 1. The van der Waals surface area contributed by atoms with Crippen molar-refractivity contribution in [2.45, 2.75) is 18.9 Å². The number of para-hydroxylation sites is 1. The maximum Gasteiger partial charge on any atom is 0.255 e. The van der Waals surface area contributed by atoms with Crippen LogP contribution < -0.4 is 5.32 Å². The molecule has 0 saturated carbocycles. The normalized spacial score (nSPS) is 15.9. The van der Waals surface area contributed by atoms with Gasteiger partial charge >= 0.3 is 0 Å². The fourth-order valence-electron chi connectivity index (χ4n) is 3.25. The molecule has 1 aliphatic rings. The Bertz CT molecular complexity index is 743. The Morgan fingerprint density at radius 2 is 1.92 bits per heavy atom. The fourth-order valence-corrected chi connectivity index (χ4v) is 3.54. The van der Waals surface area contributed by atoms with Gasteiger partial charge in [-0.1, -0.05) is 29.8 Å². The van der Waals surface area contributed by atoms with Gasteiger partial charge in [-0.2, -0.15) is 0 Å². The van der Waals surface area contributed by atoms with E-state index in [2.05, 4.69) is 10.2 Å². The van der Waals surface area contributed by atoms with Crippen LogP contribution in [-0.2, 0) is 0 Å². The number of rotatable bonds is 5. The molecule has 0 aliphatic carbocycles. The number of phenols is 1. The second kappa shape index (κ2) is 7.85. The molecule has 0 spiro atoms. The highest BCUT2D eigenvalue weighted by Crippen LogP contribution is 2.32. The van der Waals surface area contributed by atoms with Crippen molar-refractivity contribution < 1.29 is 14.3 Å². The summed E-state index contributed by atoms with van der Waals surface area (Å²) in [5.41, 5.74) is 0.603. The zero-order valence-corrected chi connectivity index (χ0v) is 14.5. The average molecular weight is 363 g/mol. The average Bonchev–Trinajstić information content (AvgIpc) is 3.12. The number of hydrogen-bond acceptors (Lipinski definition) is 3. The lowest BCUT2D eigenvalue weighted by atomic mass is 10.0. The van der Waals surface area contributed by atoms with Crippen LogP contribution in [-0.4, -0.2) is 35.5 Å². The first-order valence-electron chi connectivity index (χ1n) is 8.32. The largest absolute Gasteiger partial charge is 0.507 e. The van der Waals surface area contributed by atoms with Crippen LogP contribution in [0.25, 0.3) is 0 Å². The van der Waals surface area contributed by atoms with Crippen molar-refractivity contribution in [1.29, 1.82) is 0 Å². The second-order valence-corrected chi connectivity index (χ2v) is 6.53. The van der Waals surface area contributed by atoms with E-state index in [0.29, 0.717) is 10.6 Å². The molecule has 6 heteroatoms. The van der Waals surface area contributed by atoms with E-state index in [0.717, 1.165) is 25.9 Å². The molecule has 1 aliphatic heterocycles. The molecule has 0 bridgehead atoms. The first-order chi connectivity index (χ1) is 12.1. The van der Waals surface area contributed by atoms with Crippen molar-refractivity contribution in [3.05, 3.63) is 64.4 Å². The van der Waals surface area contributed by atoms with E-state index in [1.807, 2.05) is 0 Å². The first kappa shape index (κ1) is 17.7. The highest BCUT2D eigenvalue weighted by atomic mass is 35.5. The van der Waals surface area contributed by atoms with Gasteiger partial charge in [-0.05, 0) is 50.2 Å². The summed E-state index contributed by atoms with van der Waals surface area (Å²) < 4.78 is 14.4. The van der Waals surface area contributed by atoms with Gasteiger partial charge in [-0.25, -0.2) is 4.39 Å². The summed E-state index contributed by atoms with van der Waals surface area (Å²) in [7, 11) is 0. The van der Waals surface area contributed by atoms with Crippen molar-refractivity contribution in [3.63, 3.8) is 0 Å². The lowest BCUT2D eigenvalue weighted by Gasteiger charge is -2.29. The number of likely N-dealkylation sites (tertiary alicyclic amines) is 1. The van der Waals surface area contributed by atoms with Crippen molar-refractivity contribution >= 4 is 17.5 Å². The topological polar surface area (TPSA) is 52.6 Å². The summed E-state index contributed by atoms with van der Waals surface area (Å²) in [5.74, 6) is -0.849. The van der Waals surface area contributed by atoms with Crippen LogP contribution in [0.2, 0.25) is 5.02 Å². The number of phenolic OH excluding ortho intramolecular Hbond substituents is 1. The van der Waals surface area contributed by atoms with E-state index in [-0.39, 0.29) is 29.7 Å². The third kappa shape index (κ3) is 3.94. The summed E-state index contributed by atoms with van der Waals surface area (Å²) in [6.07, 6.45) is 2.08. The molecule has 1 fully saturated rings. The van der Waals surface area contributed by atoms with Crippen LogP contribution in [0.5, 0.6) is 5.75 Å². The predicted octanol–water partition coefficient (Wildman–Crippen LogP) is 3.75. The molecule has 0 radical (unpaired) electrons. The van der Waals surface area contributed by atoms with E-state index in [1.54, 1.807) is 30.3 Å². The summed E-state index contributed by atoms with van der Waals surface area (Å²) in [4.78, 5) is 14.5. The predicted molar refractivity (Wildman–Crippen MR) is 95.4 cm³/mol. The molecule has 2 N–H and O–H groups in total. The number of carbonyl (C=O) groups excluding carboxylic acids is 1. The van der Waals surface area contributed by atoms with E-state index in [1.165, 1.54) is 12.1 Å². The van der Waals surface area contributed by atoms with Gasteiger partial charge in [0.05, 0.1) is 11.6 Å². The second-order valence-electron chi connectivity index (χ2n) is 6.12. The number of amides is 1. The Kier molecular flexibility index (Phi) is 5.56. The molecule has 3 rings (SSSR count). The highest BCUT2D eigenvalue weighted by Gasteiger charge is 2.28. The number of nitrogens with one attached hydrogen (secondary N) is 1. The number of nitrogens with zero attached hydrogens (tertiary/aromatic N) is 1. The minimum Gasteiger partial charge on any atom is -0.507 e. The maximum absolute atomic E-state index is 14.4. The van der Waals surface area contributed by atoms with Gasteiger partial charge in [-0.15, -0.1) is 0 Å². The van der Waals surface area contributed by atoms with E-state index >= 15 is 0 Å². The van der Waals surface area contributed by atoms with Gasteiger partial charge in [0, 0.05) is 17.1 Å². The van der Waals surface area contributed by atoms with Crippen LogP contribution in [0, 0.1) is 5.82 Å². The summed E-state index contributed by atoms with van der Waals surface area (Å²) >= 11 is 6.24. The molecule has 1 atom stereocenters. The highest BCUT2D eigenvalue weighted by molar-refractivity contribution is 6.31. The van der Waals surface area contributed by atoms with Crippen molar-refractivity contribution in [1.82, 2.24) is 10.2 Å². The molecule has 1 saturated heterocycles. The minimum atomic E-state index is -0.394. The Balaban J connectivity index is 1.81. The fraction of sp³-hybridized carbons (Fsp3) is 0.316. The number of aromatic hydroxyl groups is 1. The molecule has 1 heterocycles. The van der Waals surface area contributed by atoms with Crippen molar-refractivity contribution in [3.8, 4) is 5.75 Å². The van der Waals surface area contributed by atoms with Crippen molar-refractivity contribution in [2.24, 2.45) is 0 Å². The monoisotopic (exact) mass is 362 g/mol. The Morgan fingerprint density at radius 3 is 2.60 bits per heavy atom. The zero-order valence-electron chi connectivity index (χ0n) is 13.7. The number of halogens is 2. The van der Waals surface area contributed by atoms with Gasteiger partial charge in [-0.3, -0.25) is 9.69 Å². The molecule has 2 aromatic rings. The zero-order chi connectivity index (χ0) is 17.8. The van der Waals surface area contributed by atoms with Crippen LogP contribution in [0.15, 0.2) is 42.5 Å². The van der Waals surface area contributed by atoms with Crippen LogP contribution in [0.3, 0.4) is 0 Å². The van der Waals surface area contributed by atoms with Gasteiger partial charge in [0.25, 0.3) is 5.91 Å². The van der Waals surface area contributed by atoms with Gasteiger partial charge < -0.3 is 10.4 Å². The lowest BCUT2D eigenvalue weighted by molar-refractivity contribution is 0.0934. The van der Waals surface area contributed by atoms with Crippen LogP contribution in [0.1, 0.15) is 34.8 Å². The van der Waals surface area contributed by atoms with Gasteiger partial charge in [0.1, 0.15) is 11.6 Å². The molecular weight excluding hydrogens is 343 g/mol. The Labute approximate surface area is 151 Å². The first-order valence-corrected chi connectivity index (χ1v) is 8.70. The minimum absolute atomic E-state index is 0.0818. The summed E-state index contributed by atoms with van der Waals surface area (Å²) in [6, 6.07) is 10.6. The van der Waals surface area contributed by atoms with Crippen molar-refractivity contribution in [2.75, 3.05) is 19.6 Å². The SMILES string of the molecule is O=C(NC[C@@H](c1c(F)cccc1Cl)N1CCCC1)c1ccccc1O. The molecule has 4 nitrogen and oxygen atoms in total. The summed E-state index contributed by atoms with van der Waals surface area (Å²) in [6.45, 7) is 1.89. The smallest absolute Gasteiger partial charge is 0.255 e. The third-order valence-electron chi connectivity index (χ3n) is 4.52. The molecule has 132 valence electrons. The molecule has 25 heavy (non-hydrogen) atoms. The Hall–Kier alpha value is -2.11. The van der Waals surface area contributed by atoms with Crippen LogP contribution in [0.4, 0.5) is 4.39 Å².